The molecule has 2 atom stereocenters. The molecule has 1 aliphatic heterocycles. The second-order valence-electron chi connectivity index (χ2n) is 3.02. The second kappa shape index (κ2) is 5.01. The minimum atomic E-state index is 0.0527. The van der Waals surface area contributed by atoms with Gasteiger partial charge in [0.25, 0.3) is 0 Å². The maximum atomic E-state index is 5.37. The van der Waals surface area contributed by atoms with E-state index in [4.69, 9.17) is 9.47 Å². The average Bonchev–Trinajstić information content (AvgIpc) is 2.03. The molecule has 0 N–H and O–H groups in total. The Morgan fingerprint density at radius 1 is 1.73 bits per heavy atom. The molecule has 3 heteroatoms. The van der Waals surface area contributed by atoms with E-state index in [2.05, 4.69) is 12.6 Å². The first-order valence-corrected chi connectivity index (χ1v) is 4.68. The van der Waals surface area contributed by atoms with Crippen LogP contribution in [0.5, 0.6) is 0 Å². The third-order valence-corrected chi connectivity index (χ3v) is 1.98. The molecule has 0 aliphatic carbocycles. The molecule has 0 radical (unpaired) electrons. The van der Waals surface area contributed by atoms with E-state index in [9.17, 15) is 0 Å². The molecule has 0 bridgehead atoms. The Balaban J connectivity index is 2.05. The lowest BCUT2D eigenvalue weighted by Crippen LogP contribution is -2.22. The van der Waals surface area contributed by atoms with Gasteiger partial charge in [0.05, 0.1) is 18.6 Å². The van der Waals surface area contributed by atoms with Gasteiger partial charge in [0, 0.05) is 12.5 Å². The highest BCUT2D eigenvalue weighted by Gasteiger charge is 2.14. The van der Waals surface area contributed by atoms with Gasteiger partial charge in [-0.15, -0.1) is 12.6 Å². The Morgan fingerprint density at radius 2 is 2.55 bits per heavy atom. The Hall–Kier alpha value is 0.270. The van der Waals surface area contributed by atoms with Crippen molar-refractivity contribution in [2.75, 3.05) is 19.8 Å². The quantitative estimate of drug-likeness (QED) is 0.521. The molecule has 1 rings (SSSR count). The minimum Gasteiger partial charge on any atom is -0.381 e. The molecule has 0 spiro atoms. The second-order valence-corrected chi connectivity index (χ2v) is 3.74. The first-order chi connectivity index (χ1) is 5.29. The van der Waals surface area contributed by atoms with E-state index >= 15 is 0 Å². The van der Waals surface area contributed by atoms with Gasteiger partial charge in [-0.3, -0.25) is 0 Å². The van der Waals surface area contributed by atoms with Gasteiger partial charge in [-0.2, -0.15) is 0 Å². The highest BCUT2D eigenvalue weighted by Crippen LogP contribution is 2.14. The summed E-state index contributed by atoms with van der Waals surface area (Å²) in [6, 6.07) is 0. The molecule has 66 valence electrons. The van der Waals surface area contributed by atoms with Crippen molar-refractivity contribution in [2.45, 2.75) is 25.2 Å². The zero-order valence-electron chi connectivity index (χ0n) is 6.95. The fourth-order valence-corrected chi connectivity index (χ4v) is 1.30. The standard InChI is InChI=1S/C8H16O2S/c1-7(11)10-6-8-3-2-4-9-5-8/h7-8,11H,2-6H2,1H3. The van der Waals surface area contributed by atoms with Gasteiger partial charge < -0.3 is 9.47 Å². The molecular formula is C8H16O2S. The van der Waals surface area contributed by atoms with Crippen LogP contribution >= 0.6 is 12.6 Å². The molecule has 2 unspecified atom stereocenters. The lowest BCUT2D eigenvalue weighted by Gasteiger charge is -2.22. The van der Waals surface area contributed by atoms with E-state index in [1.807, 2.05) is 6.92 Å². The Morgan fingerprint density at radius 3 is 3.09 bits per heavy atom. The molecule has 2 nitrogen and oxygen atoms in total. The van der Waals surface area contributed by atoms with Gasteiger partial charge in [0.1, 0.15) is 0 Å². The number of rotatable bonds is 3. The number of hydrogen-bond donors (Lipinski definition) is 1. The largest absolute Gasteiger partial charge is 0.381 e. The van der Waals surface area contributed by atoms with Gasteiger partial charge in [-0.25, -0.2) is 0 Å². The SMILES string of the molecule is CC(S)OCC1CCCOC1. The lowest BCUT2D eigenvalue weighted by molar-refractivity contribution is 0.00278. The zero-order chi connectivity index (χ0) is 8.10. The third-order valence-electron chi connectivity index (χ3n) is 1.83. The van der Waals surface area contributed by atoms with Crippen LogP contribution in [0.4, 0.5) is 0 Å². The van der Waals surface area contributed by atoms with Crippen molar-refractivity contribution in [3.63, 3.8) is 0 Å². The summed E-state index contributed by atoms with van der Waals surface area (Å²) in [5.74, 6) is 0.596. The Labute approximate surface area is 73.7 Å². The maximum absolute atomic E-state index is 5.37. The monoisotopic (exact) mass is 176 g/mol. The Bertz CT molecular complexity index is 100. The van der Waals surface area contributed by atoms with Crippen LogP contribution in [0.1, 0.15) is 19.8 Å². The van der Waals surface area contributed by atoms with Crippen LogP contribution in [0.25, 0.3) is 0 Å². The molecule has 11 heavy (non-hydrogen) atoms. The summed E-state index contributed by atoms with van der Waals surface area (Å²) in [6.07, 6.45) is 2.41. The van der Waals surface area contributed by atoms with Gasteiger partial charge >= 0.3 is 0 Å². The molecule has 1 fully saturated rings. The summed E-state index contributed by atoms with van der Waals surface area (Å²) >= 11 is 4.13. The summed E-state index contributed by atoms with van der Waals surface area (Å²) in [5.41, 5.74) is 0.0527. The molecule has 1 aliphatic rings. The van der Waals surface area contributed by atoms with Gasteiger partial charge in [-0.05, 0) is 19.8 Å². The predicted octanol–water partition coefficient (Wildman–Crippen LogP) is 1.71. The van der Waals surface area contributed by atoms with Gasteiger partial charge in [0.15, 0.2) is 0 Å². The maximum Gasteiger partial charge on any atom is 0.0971 e. The van der Waals surface area contributed by atoms with Gasteiger partial charge in [0.2, 0.25) is 0 Å². The van der Waals surface area contributed by atoms with Crippen LogP contribution in [0, 0.1) is 5.92 Å². The smallest absolute Gasteiger partial charge is 0.0971 e. The van der Waals surface area contributed by atoms with Crippen LogP contribution < -0.4 is 0 Å². The van der Waals surface area contributed by atoms with E-state index < -0.39 is 0 Å². The van der Waals surface area contributed by atoms with Gasteiger partial charge in [-0.1, -0.05) is 0 Å². The molecule has 0 aromatic carbocycles. The topological polar surface area (TPSA) is 18.5 Å². The summed E-state index contributed by atoms with van der Waals surface area (Å²) in [4.78, 5) is 0. The Kier molecular flexibility index (Phi) is 4.26. The van der Waals surface area contributed by atoms with E-state index in [0.717, 1.165) is 19.8 Å². The first-order valence-electron chi connectivity index (χ1n) is 4.16. The molecule has 0 saturated carbocycles. The highest BCUT2D eigenvalue weighted by atomic mass is 32.1. The lowest BCUT2D eigenvalue weighted by atomic mass is 10.0. The fraction of sp³-hybridized carbons (Fsp3) is 1.00. The number of hydrogen-bond acceptors (Lipinski definition) is 3. The van der Waals surface area contributed by atoms with E-state index in [-0.39, 0.29) is 5.44 Å². The summed E-state index contributed by atoms with van der Waals surface area (Å²) in [6.45, 7) is 4.52. The molecule has 1 saturated heterocycles. The van der Waals surface area contributed by atoms with Crippen LogP contribution in [-0.4, -0.2) is 25.3 Å². The minimum absolute atomic E-state index is 0.0527. The van der Waals surface area contributed by atoms with Crippen molar-refractivity contribution < 1.29 is 9.47 Å². The third kappa shape index (κ3) is 3.99. The molecule has 1 heterocycles. The molecule has 0 aromatic rings. The number of ether oxygens (including phenoxy) is 2. The van der Waals surface area contributed by atoms with E-state index in [1.54, 1.807) is 0 Å². The predicted molar refractivity (Wildman–Crippen MR) is 47.9 cm³/mol. The van der Waals surface area contributed by atoms with Crippen molar-refractivity contribution >= 4 is 12.6 Å². The summed E-state index contributed by atoms with van der Waals surface area (Å²) in [5, 5.41) is 0. The molecule has 0 amide bonds. The molecular weight excluding hydrogens is 160 g/mol. The average molecular weight is 176 g/mol. The summed E-state index contributed by atoms with van der Waals surface area (Å²) < 4.78 is 10.7. The van der Waals surface area contributed by atoms with Crippen LogP contribution in [0.2, 0.25) is 0 Å². The van der Waals surface area contributed by atoms with E-state index in [1.165, 1.54) is 12.8 Å². The van der Waals surface area contributed by atoms with Crippen LogP contribution in [-0.2, 0) is 9.47 Å². The van der Waals surface area contributed by atoms with Crippen LogP contribution in [0.15, 0.2) is 0 Å². The zero-order valence-corrected chi connectivity index (χ0v) is 7.85. The van der Waals surface area contributed by atoms with Crippen molar-refractivity contribution in [1.82, 2.24) is 0 Å². The highest BCUT2D eigenvalue weighted by molar-refractivity contribution is 7.80. The van der Waals surface area contributed by atoms with Crippen molar-refractivity contribution in [3.05, 3.63) is 0 Å². The van der Waals surface area contributed by atoms with Crippen molar-refractivity contribution in [1.29, 1.82) is 0 Å². The van der Waals surface area contributed by atoms with E-state index in [0.29, 0.717) is 5.92 Å². The number of thiol groups is 1. The van der Waals surface area contributed by atoms with Crippen molar-refractivity contribution in [2.24, 2.45) is 5.92 Å². The summed E-state index contributed by atoms with van der Waals surface area (Å²) in [7, 11) is 0. The van der Waals surface area contributed by atoms with Crippen LogP contribution in [0.3, 0.4) is 0 Å². The fourth-order valence-electron chi connectivity index (χ4n) is 1.21. The molecule has 0 aromatic heterocycles. The first kappa shape index (κ1) is 9.36. The normalized spacial score (nSPS) is 28.4. The van der Waals surface area contributed by atoms with Crippen molar-refractivity contribution in [3.8, 4) is 0 Å².